The Morgan fingerprint density at radius 2 is 1.55 bits per heavy atom. The van der Waals surface area contributed by atoms with Crippen LogP contribution in [0.1, 0.15) is 0 Å². The maximum Gasteiger partial charge on any atom is 0.263 e. The van der Waals surface area contributed by atoms with Crippen LogP contribution in [0.2, 0.25) is 15.1 Å². The zero-order chi connectivity index (χ0) is 14.9. The molecular weight excluding hydrogens is 348 g/mol. The SMILES string of the molecule is O=S(=O)(Nc1cc(Cl)cc(Cl)c1)c1ccc(F)cc1Cl. The maximum atomic E-state index is 12.9. The van der Waals surface area contributed by atoms with E-state index in [1.165, 1.54) is 18.2 Å². The van der Waals surface area contributed by atoms with Crippen molar-refractivity contribution in [3.63, 3.8) is 0 Å². The molecular formula is C12H7Cl3FNO2S. The highest BCUT2D eigenvalue weighted by atomic mass is 35.5. The molecule has 0 aliphatic rings. The second-order valence-electron chi connectivity index (χ2n) is 3.84. The maximum absolute atomic E-state index is 12.9. The van der Waals surface area contributed by atoms with Gasteiger partial charge in [-0.15, -0.1) is 0 Å². The Kier molecular flexibility index (Phi) is 4.44. The van der Waals surface area contributed by atoms with E-state index in [1.54, 1.807) is 0 Å². The standard InChI is InChI=1S/C12H7Cl3FNO2S/c13-7-3-8(14)5-10(4-7)17-20(18,19)12-2-1-9(16)6-11(12)15/h1-6,17H. The molecule has 20 heavy (non-hydrogen) atoms. The molecule has 2 rings (SSSR count). The van der Waals surface area contributed by atoms with E-state index in [0.717, 1.165) is 18.2 Å². The Morgan fingerprint density at radius 1 is 0.950 bits per heavy atom. The second kappa shape index (κ2) is 5.77. The summed E-state index contributed by atoms with van der Waals surface area (Å²) in [4.78, 5) is -0.239. The van der Waals surface area contributed by atoms with E-state index in [2.05, 4.69) is 4.72 Å². The van der Waals surface area contributed by atoms with Gasteiger partial charge in [0.15, 0.2) is 0 Å². The number of nitrogens with one attached hydrogen (secondary N) is 1. The first kappa shape index (κ1) is 15.4. The molecule has 0 aromatic heterocycles. The van der Waals surface area contributed by atoms with Crippen LogP contribution >= 0.6 is 34.8 Å². The predicted octanol–water partition coefficient (Wildman–Crippen LogP) is 4.59. The smallest absolute Gasteiger partial charge is 0.263 e. The van der Waals surface area contributed by atoms with Gasteiger partial charge in [0.25, 0.3) is 10.0 Å². The van der Waals surface area contributed by atoms with Crippen LogP contribution in [0.3, 0.4) is 0 Å². The summed E-state index contributed by atoms with van der Waals surface area (Å²) in [7, 11) is -3.96. The quantitative estimate of drug-likeness (QED) is 0.876. The van der Waals surface area contributed by atoms with E-state index < -0.39 is 15.8 Å². The number of benzene rings is 2. The highest BCUT2D eigenvalue weighted by Crippen LogP contribution is 2.27. The molecule has 2 aromatic rings. The van der Waals surface area contributed by atoms with Crippen molar-refractivity contribution in [2.75, 3.05) is 4.72 Å². The van der Waals surface area contributed by atoms with Gasteiger partial charge in [-0.25, -0.2) is 12.8 Å². The molecule has 0 atom stereocenters. The second-order valence-corrected chi connectivity index (χ2v) is 6.77. The van der Waals surface area contributed by atoms with E-state index in [4.69, 9.17) is 34.8 Å². The summed E-state index contributed by atoms with van der Waals surface area (Å²) >= 11 is 17.3. The van der Waals surface area contributed by atoms with Crippen LogP contribution in [-0.2, 0) is 10.0 Å². The molecule has 1 N–H and O–H groups in total. The molecule has 0 amide bonds. The van der Waals surface area contributed by atoms with Crippen molar-refractivity contribution >= 4 is 50.5 Å². The lowest BCUT2D eigenvalue weighted by Crippen LogP contribution is -2.13. The Morgan fingerprint density at radius 3 is 2.10 bits per heavy atom. The summed E-state index contributed by atoms with van der Waals surface area (Å²) in [6.45, 7) is 0. The normalized spacial score (nSPS) is 11.4. The highest BCUT2D eigenvalue weighted by Gasteiger charge is 2.18. The Labute approximate surface area is 130 Å². The third-order valence-electron chi connectivity index (χ3n) is 2.30. The van der Waals surface area contributed by atoms with E-state index in [9.17, 15) is 12.8 Å². The van der Waals surface area contributed by atoms with Crippen molar-refractivity contribution in [3.8, 4) is 0 Å². The van der Waals surface area contributed by atoms with E-state index in [1.807, 2.05) is 0 Å². The van der Waals surface area contributed by atoms with E-state index >= 15 is 0 Å². The number of halogens is 4. The lowest BCUT2D eigenvalue weighted by Gasteiger charge is -2.10. The van der Waals surface area contributed by atoms with Crippen LogP contribution in [0.15, 0.2) is 41.3 Å². The van der Waals surface area contributed by atoms with Crippen LogP contribution in [0.5, 0.6) is 0 Å². The van der Waals surface area contributed by atoms with Gasteiger partial charge >= 0.3 is 0 Å². The highest BCUT2D eigenvalue weighted by molar-refractivity contribution is 7.92. The van der Waals surface area contributed by atoms with Gasteiger partial charge in [0.05, 0.1) is 10.7 Å². The van der Waals surface area contributed by atoms with Crippen LogP contribution in [0.25, 0.3) is 0 Å². The summed E-state index contributed by atoms with van der Waals surface area (Å²) in [5, 5.41) is 0.339. The molecule has 2 aromatic carbocycles. The summed E-state index contributed by atoms with van der Waals surface area (Å²) in [6, 6.07) is 7.25. The van der Waals surface area contributed by atoms with Crippen molar-refractivity contribution in [2.24, 2.45) is 0 Å². The fraction of sp³-hybridized carbons (Fsp3) is 0. The summed E-state index contributed by atoms with van der Waals surface area (Å²) in [5.41, 5.74) is 0.183. The first-order valence-corrected chi connectivity index (χ1v) is 7.83. The zero-order valence-corrected chi connectivity index (χ0v) is 12.8. The molecule has 0 aliphatic heterocycles. The molecule has 0 saturated carbocycles. The van der Waals surface area contributed by atoms with Gasteiger partial charge in [0, 0.05) is 10.0 Å². The Bertz CT molecular complexity index is 745. The molecule has 0 aliphatic carbocycles. The number of anilines is 1. The van der Waals surface area contributed by atoms with Gasteiger partial charge in [-0.2, -0.15) is 0 Å². The minimum absolute atomic E-state index is 0.183. The number of sulfonamides is 1. The van der Waals surface area contributed by atoms with Gasteiger partial charge in [0.1, 0.15) is 10.7 Å². The average Bonchev–Trinajstić information content (AvgIpc) is 2.25. The van der Waals surface area contributed by atoms with Crippen LogP contribution in [-0.4, -0.2) is 8.42 Å². The average molecular weight is 355 g/mol. The summed E-state index contributed by atoms with van der Waals surface area (Å²) < 4.78 is 39.5. The molecule has 0 unspecified atom stereocenters. The predicted molar refractivity (Wildman–Crippen MR) is 78.7 cm³/mol. The Balaban J connectivity index is 2.40. The lowest BCUT2D eigenvalue weighted by atomic mass is 10.3. The van der Waals surface area contributed by atoms with Crippen LogP contribution < -0.4 is 4.72 Å². The first-order chi connectivity index (χ1) is 9.28. The van der Waals surface area contributed by atoms with E-state index in [0.29, 0.717) is 0 Å². The monoisotopic (exact) mass is 353 g/mol. The van der Waals surface area contributed by atoms with Gasteiger partial charge in [-0.05, 0) is 36.4 Å². The van der Waals surface area contributed by atoms with Crippen LogP contribution in [0.4, 0.5) is 10.1 Å². The molecule has 0 bridgehead atoms. The Hall–Kier alpha value is -1.01. The lowest BCUT2D eigenvalue weighted by molar-refractivity contribution is 0.600. The van der Waals surface area contributed by atoms with Gasteiger partial charge in [0.2, 0.25) is 0 Å². The fourth-order valence-corrected chi connectivity index (χ4v) is 3.61. The third kappa shape index (κ3) is 3.55. The van der Waals surface area contributed by atoms with Crippen molar-refractivity contribution < 1.29 is 12.8 Å². The molecule has 0 saturated heterocycles. The zero-order valence-electron chi connectivity index (χ0n) is 9.70. The summed E-state index contributed by atoms with van der Waals surface area (Å²) in [6.07, 6.45) is 0. The molecule has 0 heterocycles. The number of rotatable bonds is 3. The molecule has 8 heteroatoms. The third-order valence-corrected chi connectivity index (χ3v) is 4.60. The largest absolute Gasteiger partial charge is 0.279 e. The molecule has 0 spiro atoms. The minimum Gasteiger partial charge on any atom is -0.279 e. The van der Waals surface area contributed by atoms with Crippen LogP contribution in [0, 0.1) is 5.82 Å². The molecule has 106 valence electrons. The fourth-order valence-electron chi connectivity index (χ4n) is 1.52. The molecule has 0 fully saturated rings. The van der Waals surface area contributed by atoms with Crippen molar-refractivity contribution in [1.82, 2.24) is 0 Å². The number of hydrogen-bond acceptors (Lipinski definition) is 2. The van der Waals surface area contributed by atoms with Gasteiger partial charge < -0.3 is 0 Å². The van der Waals surface area contributed by atoms with Gasteiger partial charge in [-0.1, -0.05) is 34.8 Å². The number of hydrogen-bond donors (Lipinski definition) is 1. The minimum atomic E-state index is -3.96. The molecule has 3 nitrogen and oxygen atoms in total. The van der Waals surface area contributed by atoms with Crippen molar-refractivity contribution in [3.05, 3.63) is 57.3 Å². The van der Waals surface area contributed by atoms with E-state index in [-0.39, 0.29) is 25.7 Å². The van der Waals surface area contributed by atoms with Gasteiger partial charge in [-0.3, -0.25) is 4.72 Å². The van der Waals surface area contributed by atoms with Crippen molar-refractivity contribution in [2.45, 2.75) is 4.90 Å². The first-order valence-electron chi connectivity index (χ1n) is 5.22. The summed E-state index contributed by atoms with van der Waals surface area (Å²) in [5.74, 6) is -0.625. The molecule has 0 radical (unpaired) electrons. The van der Waals surface area contributed by atoms with Crippen molar-refractivity contribution in [1.29, 1.82) is 0 Å². The topological polar surface area (TPSA) is 46.2 Å².